The van der Waals surface area contributed by atoms with E-state index >= 15 is 0 Å². The zero-order valence-electron chi connectivity index (χ0n) is 10.9. The fourth-order valence-electron chi connectivity index (χ4n) is 1.51. The minimum atomic E-state index is -1.16. The monoisotopic (exact) mass is 345 g/mol. The largest absolute Gasteiger partial charge is 0.480 e. The summed E-state index contributed by atoms with van der Waals surface area (Å²) in [5.74, 6) is -2.23. The Kier molecular flexibility index (Phi) is 4.89. The number of rotatable bonds is 5. The van der Waals surface area contributed by atoms with Crippen molar-refractivity contribution in [1.82, 2.24) is 4.98 Å². The average molecular weight is 346 g/mol. The molecule has 0 saturated carbocycles. The molecule has 0 radical (unpaired) electrons. The maximum Gasteiger partial charge on any atom is 0.322 e. The Morgan fingerprint density at radius 2 is 1.95 bits per heavy atom. The third-order valence-corrected chi connectivity index (χ3v) is 3.18. The minimum absolute atomic E-state index is 0.135. The van der Waals surface area contributed by atoms with Crippen LogP contribution in [0.3, 0.4) is 0 Å². The molecule has 0 unspecified atom stereocenters. The molecule has 0 atom stereocenters. The molecule has 0 aliphatic rings. The molecule has 1 aromatic carbocycles. The smallest absolute Gasteiger partial charge is 0.322 e. The summed E-state index contributed by atoms with van der Waals surface area (Å²) in [7, 11) is 0. The number of aliphatic carboxylic acids is 1. The lowest BCUT2D eigenvalue weighted by Gasteiger charge is -2.13. The lowest BCUT2D eigenvalue weighted by atomic mass is 10.3. The number of carboxylic acid groups (broad SMARTS) is 1. The molecule has 2 aromatic rings. The van der Waals surface area contributed by atoms with E-state index in [1.54, 1.807) is 24.3 Å². The summed E-state index contributed by atoms with van der Waals surface area (Å²) >= 11 is 11.8. The van der Waals surface area contributed by atoms with Crippen LogP contribution in [0.4, 0.5) is 15.9 Å². The number of hydrogen-bond donors (Lipinski definition) is 3. The highest BCUT2D eigenvalue weighted by molar-refractivity contribution is 6.38. The molecule has 0 bridgehead atoms. The first-order valence-corrected chi connectivity index (χ1v) is 6.67. The number of carbonyl (C=O) groups is 1. The number of hydrogen-bond acceptors (Lipinski definition) is 5. The molecule has 0 spiro atoms. The summed E-state index contributed by atoms with van der Waals surface area (Å²) in [5.41, 5.74) is 6.08. The van der Waals surface area contributed by atoms with E-state index in [-0.39, 0.29) is 16.6 Å². The van der Waals surface area contributed by atoms with Crippen LogP contribution >= 0.6 is 23.2 Å². The fourth-order valence-corrected chi connectivity index (χ4v) is 1.98. The SMILES string of the molecule is Nc1ccc(Oc2c(Cl)c(F)nc(NCC(=O)O)c2Cl)cc1. The van der Waals surface area contributed by atoms with Gasteiger partial charge in [-0.2, -0.15) is 9.37 Å². The van der Waals surface area contributed by atoms with Gasteiger partial charge in [0.2, 0.25) is 5.95 Å². The van der Waals surface area contributed by atoms with Crippen molar-refractivity contribution in [3.63, 3.8) is 0 Å². The molecule has 1 aromatic heterocycles. The van der Waals surface area contributed by atoms with Crippen molar-refractivity contribution in [2.75, 3.05) is 17.6 Å². The first-order chi connectivity index (χ1) is 10.4. The molecule has 0 amide bonds. The normalized spacial score (nSPS) is 10.3. The van der Waals surface area contributed by atoms with Gasteiger partial charge in [-0.3, -0.25) is 4.79 Å². The summed E-state index contributed by atoms with van der Waals surface area (Å²) < 4.78 is 19.2. The third-order valence-electron chi connectivity index (χ3n) is 2.50. The molecule has 22 heavy (non-hydrogen) atoms. The number of benzene rings is 1. The quantitative estimate of drug-likeness (QED) is 0.567. The number of nitrogens with zero attached hydrogens (tertiary/aromatic N) is 1. The van der Waals surface area contributed by atoms with E-state index in [4.69, 9.17) is 38.8 Å². The molecule has 0 aliphatic carbocycles. The average Bonchev–Trinajstić information content (AvgIpc) is 2.48. The van der Waals surface area contributed by atoms with Gasteiger partial charge in [0.05, 0.1) is 0 Å². The van der Waals surface area contributed by atoms with E-state index in [9.17, 15) is 9.18 Å². The van der Waals surface area contributed by atoms with Crippen LogP contribution < -0.4 is 15.8 Å². The molecule has 0 fully saturated rings. The van der Waals surface area contributed by atoms with Gasteiger partial charge in [-0.1, -0.05) is 23.2 Å². The van der Waals surface area contributed by atoms with Crippen LogP contribution in [0, 0.1) is 5.95 Å². The zero-order chi connectivity index (χ0) is 16.3. The summed E-state index contributed by atoms with van der Waals surface area (Å²) in [6.07, 6.45) is 0. The number of anilines is 2. The van der Waals surface area contributed by atoms with E-state index in [1.165, 1.54) is 0 Å². The number of ether oxygens (including phenoxy) is 1. The molecular formula is C13H10Cl2FN3O3. The Bertz CT molecular complexity index is 711. The van der Waals surface area contributed by atoms with Gasteiger partial charge >= 0.3 is 5.97 Å². The Balaban J connectivity index is 2.36. The predicted octanol–water partition coefficient (Wildman–Crippen LogP) is 3.40. The van der Waals surface area contributed by atoms with E-state index < -0.39 is 23.5 Å². The summed E-state index contributed by atoms with van der Waals surface area (Å²) in [6, 6.07) is 6.26. The van der Waals surface area contributed by atoms with Gasteiger partial charge in [0.25, 0.3) is 0 Å². The van der Waals surface area contributed by atoms with Crippen LogP contribution in [0.5, 0.6) is 11.5 Å². The highest BCUT2D eigenvalue weighted by Gasteiger charge is 2.20. The van der Waals surface area contributed by atoms with Gasteiger partial charge in [-0.15, -0.1) is 0 Å². The molecular weight excluding hydrogens is 336 g/mol. The maximum atomic E-state index is 13.7. The van der Waals surface area contributed by atoms with Gasteiger partial charge in [0, 0.05) is 5.69 Å². The second-order valence-electron chi connectivity index (χ2n) is 4.13. The summed E-state index contributed by atoms with van der Waals surface area (Å²) in [6.45, 7) is -0.491. The summed E-state index contributed by atoms with van der Waals surface area (Å²) in [5, 5.41) is 10.4. The van der Waals surface area contributed by atoms with E-state index in [0.717, 1.165) is 0 Å². The zero-order valence-corrected chi connectivity index (χ0v) is 12.5. The van der Waals surface area contributed by atoms with E-state index in [2.05, 4.69) is 10.3 Å². The van der Waals surface area contributed by atoms with Crippen LogP contribution in [0.25, 0.3) is 0 Å². The Labute approximate surface area is 134 Å². The molecule has 1 heterocycles. The Morgan fingerprint density at radius 3 is 2.55 bits per heavy atom. The molecule has 9 heteroatoms. The Morgan fingerprint density at radius 1 is 1.32 bits per heavy atom. The molecule has 6 nitrogen and oxygen atoms in total. The van der Waals surface area contributed by atoms with Crippen LogP contribution in [-0.2, 0) is 4.79 Å². The number of halogens is 3. The van der Waals surface area contributed by atoms with Crippen molar-refractivity contribution in [3.8, 4) is 11.5 Å². The topological polar surface area (TPSA) is 97.5 Å². The predicted molar refractivity (Wildman–Crippen MR) is 81.3 cm³/mol. The highest BCUT2D eigenvalue weighted by Crippen LogP contribution is 2.41. The van der Waals surface area contributed by atoms with Crippen molar-refractivity contribution in [1.29, 1.82) is 0 Å². The van der Waals surface area contributed by atoms with Gasteiger partial charge in [-0.05, 0) is 24.3 Å². The number of carboxylic acids is 1. The Hall–Kier alpha value is -2.25. The molecule has 0 saturated heterocycles. The summed E-state index contributed by atoms with van der Waals surface area (Å²) in [4.78, 5) is 14.0. The number of pyridine rings is 1. The van der Waals surface area contributed by atoms with Crippen LogP contribution in [-0.4, -0.2) is 22.6 Å². The first kappa shape index (κ1) is 16.1. The third kappa shape index (κ3) is 3.69. The highest BCUT2D eigenvalue weighted by atomic mass is 35.5. The molecule has 116 valence electrons. The second kappa shape index (κ2) is 6.67. The minimum Gasteiger partial charge on any atom is -0.480 e. The van der Waals surface area contributed by atoms with Crippen molar-refractivity contribution >= 4 is 40.7 Å². The van der Waals surface area contributed by atoms with Crippen molar-refractivity contribution < 1.29 is 19.0 Å². The van der Waals surface area contributed by atoms with Crippen LogP contribution in [0.1, 0.15) is 0 Å². The number of aromatic nitrogens is 1. The fraction of sp³-hybridized carbons (Fsp3) is 0.0769. The lowest BCUT2D eigenvalue weighted by molar-refractivity contribution is -0.134. The van der Waals surface area contributed by atoms with Gasteiger partial charge < -0.3 is 20.9 Å². The maximum absolute atomic E-state index is 13.7. The number of nitrogen functional groups attached to an aromatic ring is 1. The molecule has 0 aliphatic heterocycles. The second-order valence-corrected chi connectivity index (χ2v) is 4.88. The van der Waals surface area contributed by atoms with Crippen LogP contribution in [0.15, 0.2) is 24.3 Å². The van der Waals surface area contributed by atoms with Gasteiger partial charge in [0.1, 0.15) is 22.3 Å². The van der Waals surface area contributed by atoms with Crippen molar-refractivity contribution in [2.24, 2.45) is 0 Å². The van der Waals surface area contributed by atoms with E-state index in [0.29, 0.717) is 11.4 Å². The van der Waals surface area contributed by atoms with Crippen LogP contribution in [0.2, 0.25) is 10.0 Å². The molecule has 2 rings (SSSR count). The standard InChI is InChI=1S/C13H10Cl2FN3O3/c14-9-11(22-7-3-1-6(17)2-4-7)10(15)13(19-12(9)16)18-5-8(20)21/h1-4H,5,17H2,(H,18,19)(H,20,21). The first-order valence-electron chi connectivity index (χ1n) is 5.92. The number of nitrogens with two attached hydrogens (primary N) is 1. The van der Waals surface area contributed by atoms with Gasteiger partial charge in [0.15, 0.2) is 11.6 Å². The van der Waals surface area contributed by atoms with E-state index in [1.807, 2.05) is 0 Å². The molecule has 4 N–H and O–H groups in total. The van der Waals surface area contributed by atoms with Gasteiger partial charge in [-0.25, -0.2) is 0 Å². The number of nitrogens with one attached hydrogen (secondary N) is 1. The van der Waals surface area contributed by atoms with Crippen molar-refractivity contribution in [3.05, 3.63) is 40.3 Å². The lowest BCUT2D eigenvalue weighted by Crippen LogP contribution is -2.14. The van der Waals surface area contributed by atoms with Crippen molar-refractivity contribution in [2.45, 2.75) is 0 Å².